The zero-order chi connectivity index (χ0) is 14.4. The summed E-state index contributed by atoms with van der Waals surface area (Å²) < 4.78 is 0. The first kappa shape index (κ1) is 14.8. The van der Waals surface area contributed by atoms with E-state index >= 15 is 0 Å². The lowest BCUT2D eigenvalue weighted by Crippen LogP contribution is -2.30. The third-order valence-electron chi connectivity index (χ3n) is 4.01. The predicted octanol–water partition coefficient (Wildman–Crippen LogP) is 2.30. The summed E-state index contributed by atoms with van der Waals surface area (Å²) in [6, 6.07) is 3.84. The summed E-state index contributed by atoms with van der Waals surface area (Å²) in [6.45, 7) is 3.63. The van der Waals surface area contributed by atoms with Crippen LogP contribution in [0.2, 0.25) is 0 Å². The highest BCUT2D eigenvalue weighted by Gasteiger charge is 2.22. The number of nitrogens with two attached hydrogens (primary N) is 1. The first-order chi connectivity index (χ1) is 9.74. The molecule has 0 spiro atoms. The Morgan fingerprint density at radius 2 is 2.35 bits per heavy atom. The van der Waals surface area contributed by atoms with Crippen LogP contribution < -0.4 is 11.3 Å². The van der Waals surface area contributed by atoms with Crippen LogP contribution in [0.4, 0.5) is 5.82 Å². The van der Waals surface area contributed by atoms with Gasteiger partial charge in [-0.3, -0.25) is 4.79 Å². The van der Waals surface area contributed by atoms with Gasteiger partial charge in [0.05, 0.1) is 0 Å². The number of hydrazine groups is 1. The van der Waals surface area contributed by atoms with Crippen LogP contribution in [0.5, 0.6) is 0 Å². The standard InChI is InChI=1S/C15H24N4O/c1-2-4-12-6-7-14(20)19(10-8-12)11-13-5-3-9-17-15(13)18-16/h3,5,9,12H,2,4,6-8,10-11,16H2,1H3,(H,17,18). The van der Waals surface area contributed by atoms with Crippen LogP contribution in [0.1, 0.15) is 44.6 Å². The second-order valence-corrected chi connectivity index (χ2v) is 5.45. The average Bonchev–Trinajstić information content (AvgIpc) is 2.64. The lowest BCUT2D eigenvalue weighted by atomic mass is 9.96. The van der Waals surface area contributed by atoms with Crippen molar-refractivity contribution in [3.05, 3.63) is 23.9 Å². The van der Waals surface area contributed by atoms with E-state index in [1.807, 2.05) is 17.0 Å². The number of carbonyl (C=O) groups excluding carboxylic acids is 1. The minimum Gasteiger partial charge on any atom is -0.338 e. The van der Waals surface area contributed by atoms with E-state index in [9.17, 15) is 4.79 Å². The van der Waals surface area contributed by atoms with Gasteiger partial charge in [-0.15, -0.1) is 0 Å². The molecule has 1 aromatic heterocycles. The second kappa shape index (κ2) is 7.24. The number of carbonyl (C=O) groups is 1. The van der Waals surface area contributed by atoms with Crippen molar-refractivity contribution >= 4 is 11.7 Å². The molecule has 20 heavy (non-hydrogen) atoms. The molecule has 1 aliphatic rings. The summed E-state index contributed by atoms with van der Waals surface area (Å²) >= 11 is 0. The highest BCUT2D eigenvalue weighted by Crippen LogP contribution is 2.24. The van der Waals surface area contributed by atoms with Gasteiger partial charge >= 0.3 is 0 Å². The Morgan fingerprint density at radius 3 is 3.10 bits per heavy atom. The molecule has 1 fully saturated rings. The smallest absolute Gasteiger partial charge is 0.222 e. The molecule has 0 aliphatic carbocycles. The Bertz CT molecular complexity index is 449. The Kier molecular flexibility index (Phi) is 5.35. The Hall–Kier alpha value is -1.62. The number of rotatable bonds is 5. The number of aromatic nitrogens is 1. The van der Waals surface area contributed by atoms with E-state index in [4.69, 9.17) is 5.84 Å². The molecule has 3 N–H and O–H groups in total. The van der Waals surface area contributed by atoms with Gasteiger partial charge in [0.15, 0.2) is 0 Å². The normalized spacial score (nSPS) is 19.8. The van der Waals surface area contributed by atoms with E-state index in [1.54, 1.807) is 6.20 Å². The molecule has 5 heteroatoms. The Morgan fingerprint density at radius 1 is 1.50 bits per heavy atom. The summed E-state index contributed by atoms with van der Waals surface area (Å²) in [6.07, 6.45) is 6.91. The molecule has 1 aromatic rings. The molecule has 1 amide bonds. The Balaban J connectivity index is 2.02. The van der Waals surface area contributed by atoms with Crippen molar-refractivity contribution in [2.24, 2.45) is 11.8 Å². The fourth-order valence-corrected chi connectivity index (χ4v) is 2.86. The molecule has 1 unspecified atom stereocenters. The average molecular weight is 276 g/mol. The number of nitrogens with one attached hydrogen (secondary N) is 1. The lowest BCUT2D eigenvalue weighted by molar-refractivity contribution is -0.131. The van der Waals surface area contributed by atoms with E-state index in [0.29, 0.717) is 24.7 Å². The van der Waals surface area contributed by atoms with Crippen LogP contribution in [0, 0.1) is 5.92 Å². The number of anilines is 1. The van der Waals surface area contributed by atoms with Crippen LogP contribution in [-0.2, 0) is 11.3 Å². The van der Waals surface area contributed by atoms with Crippen molar-refractivity contribution in [2.75, 3.05) is 12.0 Å². The predicted molar refractivity (Wildman–Crippen MR) is 79.7 cm³/mol. The number of amides is 1. The van der Waals surface area contributed by atoms with Gasteiger partial charge in [-0.1, -0.05) is 25.8 Å². The topological polar surface area (TPSA) is 71.2 Å². The Labute approximate surface area is 120 Å². The summed E-state index contributed by atoms with van der Waals surface area (Å²) in [5.74, 6) is 7.05. The third kappa shape index (κ3) is 3.70. The van der Waals surface area contributed by atoms with E-state index in [1.165, 1.54) is 12.8 Å². The number of likely N-dealkylation sites (tertiary alicyclic amines) is 1. The molecule has 0 bridgehead atoms. The number of pyridine rings is 1. The molecule has 5 nitrogen and oxygen atoms in total. The molecule has 1 atom stereocenters. The first-order valence-electron chi connectivity index (χ1n) is 7.42. The second-order valence-electron chi connectivity index (χ2n) is 5.45. The number of nitrogen functional groups attached to an aromatic ring is 1. The minimum atomic E-state index is 0.246. The maximum atomic E-state index is 12.2. The number of hydrogen-bond acceptors (Lipinski definition) is 4. The molecule has 2 heterocycles. The first-order valence-corrected chi connectivity index (χ1v) is 7.42. The highest BCUT2D eigenvalue weighted by atomic mass is 16.2. The van der Waals surface area contributed by atoms with Crippen LogP contribution >= 0.6 is 0 Å². The van der Waals surface area contributed by atoms with Crippen LogP contribution in [0.3, 0.4) is 0 Å². The molecule has 0 aromatic carbocycles. The molecule has 0 radical (unpaired) electrons. The molecule has 1 saturated heterocycles. The summed E-state index contributed by atoms with van der Waals surface area (Å²) in [7, 11) is 0. The quantitative estimate of drug-likeness (QED) is 0.639. The molecule has 1 aliphatic heterocycles. The molecule has 110 valence electrons. The molecule has 2 rings (SSSR count). The number of hydrogen-bond donors (Lipinski definition) is 2. The SMILES string of the molecule is CCCC1CCC(=O)N(Cc2cccnc2NN)CC1. The highest BCUT2D eigenvalue weighted by molar-refractivity contribution is 5.76. The van der Waals surface area contributed by atoms with Crippen molar-refractivity contribution in [3.8, 4) is 0 Å². The minimum absolute atomic E-state index is 0.246. The van der Waals surface area contributed by atoms with Crippen molar-refractivity contribution < 1.29 is 4.79 Å². The monoisotopic (exact) mass is 276 g/mol. The van der Waals surface area contributed by atoms with Gasteiger partial charge in [-0.05, 0) is 24.8 Å². The summed E-state index contributed by atoms with van der Waals surface area (Å²) in [4.78, 5) is 18.3. The van der Waals surface area contributed by atoms with Crippen LogP contribution in [0.15, 0.2) is 18.3 Å². The van der Waals surface area contributed by atoms with Gasteiger partial charge in [0.1, 0.15) is 5.82 Å². The van der Waals surface area contributed by atoms with Gasteiger partial charge in [0.25, 0.3) is 0 Å². The van der Waals surface area contributed by atoms with Crippen molar-refractivity contribution in [1.82, 2.24) is 9.88 Å². The van der Waals surface area contributed by atoms with Gasteiger partial charge in [0.2, 0.25) is 5.91 Å². The van der Waals surface area contributed by atoms with Crippen LogP contribution in [0.25, 0.3) is 0 Å². The lowest BCUT2D eigenvalue weighted by Gasteiger charge is -2.22. The van der Waals surface area contributed by atoms with E-state index in [-0.39, 0.29) is 5.91 Å². The van der Waals surface area contributed by atoms with Crippen LogP contribution in [-0.4, -0.2) is 22.3 Å². The van der Waals surface area contributed by atoms with E-state index in [0.717, 1.165) is 24.9 Å². The molecular formula is C15H24N4O. The zero-order valence-corrected chi connectivity index (χ0v) is 12.1. The molecule has 0 saturated carbocycles. The third-order valence-corrected chi connectivity index (χ3v) is 4.01. The fourth-order valence-electron chi connectivity index (χ4n) is 2.86. The van der Waals surface area contributed by atoms with Crippen molar-refractivity contribution in [1.29, 1.82) is 0 Å². The van der Waals surface area contributed by atoms with Gasteiger partial charge in [-0.25, -0.2) is 10.8 Å². The maximum Gasteiger partial charge on any atom is 0.222 e. The maximum absolute atomic E-state index is 12.2. The number of nitrogens with zero attached hydrogens (tertiary/aromatic N) is 2. The summed E-state index contributed by atoms with van der Waals surface area (Å²) in [5, 5.41) is 0. The van der Waals surface area contributed by atoms with E-state index in [2.05, 4.69) is 17.3 Å². The molecular weight excluding hydrogens is 252 g/mol. The van der Waals surface area contributed by atoms with E-state index < -0.39 is 0 Å². The van der Waals surface area contributed by atoms with Crippen molar-refractivity contribution in [3.63, 3.8) is 0 Å². The largest absolute Gasteiger partial charge is 0.338 e. The fraction of sp³-hybridized carbons (Fsp3) is 0.600. The zero-order valence-electron chi connectivity index (χ0n) is 12.1. The van der Waals surface area contributed by atoms with Crippen molar-refractivity contribution in [2.45, 2.75) is 45.6 Å². The van der Waals surface area contributed by atoms with Gasteiger partial charge < -0.3 is 10.3 Å². The van der Waals surface area contributed by atoms with Gasteiger partial charge in [0, 0.05) is 31.3 Å². The van der Waals surface area contributed by atoms with Gasteiger partial charge in [-0.2, -0.15) is 0 Å². The summed E-state index contributed by atoms with van der Waals surface area (Å²) in [5.41, 5.74) is 3.57.